The molecule has 7 nitrogen and oxygen atoms in total. The molecule has 2 atom stereocenters. The van der Waals surface area contributed by atoms with Crippen LogP contribution in [0.2, 0.25) is 0 Å². The van der Waals surface area contributed by atoms with Gasteiger partial charge in [-0.25, -0.2) is 4.98 Å². The molecule has 0 spiro atoms. The van der Waals surface area contributed by atoms with E-state index in [1.807, 2.05) is 4.90 Å². The molecule has 0 saturated carbocycles. The van der Waals surface area contributed by atoms with Crippen molar-refractivity contribution in [3.05, 3.63) is 11.6 Å². The molecule has 1 N–H and O–H groups in total. The van der Waals surface area contributed by atoms with Gasteiger partial charge in [0, 0.05) is 19.0 Å². The summed E-state index contributed by atoms with van der Waals surface area (Å²) in [5.41, 5.74) is 0. The topological polar surface area (TPSA) is 74.3 Å². The number of nitrogens with one attached hydrogen (secondary N) is 1. The van der Waals surface area contributed by atoms with Crippen molar-refractivity contribution >= 4 is 5.91 Å². The number of morpholine rings is 1. The van der Waals surface area contributed by atoms with Crippen LogP contribution in [0.4, 0.5) is 0 Å². The van der Waals surface area contributed by atoms with E-state index >= 15 is 0 Å². The molecule has 3 rings (SSSR count). The molecule has 0 bridgehead atoms. The number of piperidine rings is 1. The number of carbonyl (C=O) groups is 1. The molecule has 2 aliphatic heterocycles. The third kappa shape index (κ3) is 4.20. The lowest BCUT2D eigenvalue weighted by Gasteiger charge is -2.41. The maximum Gasteiger partial charge on any atom is 0.240 e. The molecule has 1 aromatic rings. The molecule has 140 valence electrons. The highest BCUT2D eigenvalue weighted by Gasteiger charge is 2.36. The van der Waals surface area contributed by atoms with Crippen molar-refractivity contribution in [2.45, 2.75) is 71.1 Å². The van der Waals surface area contributed by atoms with Gasteiger partial charge >= 0.3 is 0 Å². The summed E-state index contributed by atoms with van der Waals surface area (Å²) in [7, 11) is 0. The van der Waals surface area contributed by atoms with E-state index in [1.165, 1.54) is 6.42 Å². The number of amides is 1. The number of carbonyl (C=O) groups excluding carboxylic acids is 1. The minimum absolute atomic E-state index is 0.00953. The first kappa shape index (κ1) is 18.3. The number of aryl methyl sites for hydroxylation is 1. The van der Waals surface area contributed by atoms with Crippen molar-refractivity contribution in [1.82, 2.24) is 25.0 Å². The zero-order chi connectivity index (χ0) is 17.8. The number of aromatic nitrogens is 3. The van der Waals surface area contributed by atoms with Gasteiger partial charge in [-0.1, -0.05) is 13.3 Å². The fourth-order valence-electron chi connectivity index (χ4n) is 3.86. The Morgan fingerprint density at radius 3 is 2.96 bits per heavy atom. The van der Waals surface area contributed by atoms with Crippen LogP contribution < -0.4 is 0 Å². The lowest BCUT2D eigenvalue weighted by atomic mass is 9.98. The lowest BCUT2D eigenvalue weighted by Crippen LogP contribution is -2.55. The first-order valence-electron chi connectivity index (χ1n) is 9.67. The van der Waals surface area contributed by atoms with E-state index in [9.17, 15) is 4.79 Å². The summed E-state index contributed by atoms with van der Waals surface area (Å²) in [6, 6.07) is 0.408. The first-order valence-corrected chi connectivity index (χ1v) is 9.67. The van der Waals surface area contributed by atoms with Crippen molar-refractivity contribution in [2.75, 3.05) is 26.2 Å². The number of hydrogen-bond donors (Lipinski definition) is 1. The highest BCUT2D eigenvalue weighted by atomic mass is 16.5. The predicted octanol–water partition coefficient (Wildman–Crippen LogP) is 1.92. The average Bonchev–Trinajstić information content (AvgIpc) is 3.10. The summed E-state index contributed by atoms with van der Waals surface area (Å²) >= 11 is 0. The van der Waals surface area contributed by atoms with E-state index in [0.29, 0.717) is 31.6 Å². The van der Waals surface area contributed by atoms with Crippen molar-refractivity contribution < 1.29 is 9.53 Å². The molecule has 1 amide bonds. The number of H-pyrrole nitrogens is 1. The first-order chi connectivity index (χ1) is 12.1. The van der Waals surface area contributed by atoms with Gasteiger partial charge in [-0.05, 0) is 39.7 Å². The number of likely N-dealkylation sites (tertiary alicyclic amines) is 1. The SMILES string of the molecule is CCCc1nc([C@@H]2CN(C(=O)[C@H]3CCCCN3C(C)C)CCO2)n[nH]1. The molecular weight excluding hydrogens is 318 g/mol. The summed E-state index contributed by atoms with van der Waals surface area (Å²) < 4.78 is 5.85. The number of nitrogens with zero attached hydrogens (tertiary/aromatic N) is 4. The van der Waals surface area contributed by atoms with Gasteiger partial charge in [-0.15, -0.1) is 0 Å². The van der Waals surface area contributed by atoms with Gasteiger partial charge < -0.3 is 9.64 Å². The molecule has 25 heavy (non-hydrogen) atoms. The summed E-state index contributed by atoms with van der Waals surface area (Å²) in [6.07, 6.45) is 4.96. The highest BCUT2D eigenvalue weighted by Crippen LogP contribution is 2.25. The second-order valence-electron chi connectivity index (χ2n) is 7.38. The molecule has 0 aromatic carbocycles. The Balaban J connectivity index is 1.66. The van der Waals surface area contributed by atoms with Crippen LogP contribution in [0.3, 0.4) is 0 Å². The second-order valence-corrected chi connectivity index (χ2v) is 7.38. The summed E-state index contributed by atoms with van der Waals surface area (Å²) in [5, 5.41) is 7.28. The van der Waals surface area contributed by atoms with Crippen LogP contribution >= 0.6 is 0 Å². The quantitative estimate of drug-likeness (QED) is 0.879. The molecule has 7 heteroatoms. The van der Waals surface area contributed by atoms with Crippen LogP contribution in [0.1, 0.15) is 64.2 Å². The summed E-state index contributed by atoms with van der Waals surface area (Å²) in [5.74, 6) is 1.80. The predicted molar refractivity (Wildman–Crippen MR) is 95.1 cm³/mol. The Morgan fingerprint density at radius 1 is 1.36 bits per heavy atom. The lowest BCUT2D eigenvalue weighted by molar-refractivity contribution is -0.147. The van der Waals surface area contributed by atoms with E-state index in [2.05, 4.69) is 40.9 Å². The number of ether oxygens (including phenoxy) is 1. The second kappa shape index (κ2) is 8.27. The van der Waals surface area contributed by atoms with Gasteiger partial charge in [0.25, 0.3) is 0 Å². The van der Waals surface area contributed by atoms with Crippen LogP contribution in [0.5, 0.6) is 0 Å². The van der Waals surface area contributed by atoms with Crippen molar-refractivity contribution in [3.63, 3.8) is 0 Å². The zero-order valence-electron chi connectivity index (χ0n) is 15.7. The van der Waals surface area contributed by atoms with Gasteiger partial charge in [0.05, 0.1) is 19.2 Å². The smallest absolute Gasteiger partial charge is 0.240 e. The van der Waals surface area contributed by atoms with Crippen LogP contribution in [-0.2, 0) is 16.0 Å². The fraction of sp³-hybridized carbons (Fsp3) is 0.833. The molecule has 2 saturated heterocycles. The maximum absolute atomic E-state index is 13.1. The largest absolute Gasteiger partial charge is 0.366 e. The highest BCUT2D eigenvalue weighted by molar-refractivity contribution is 5.82. The normalized spacial score (nSPS) is 25.5. The standard InChI is InChI=1S/C18H31N5O2/c1-4-7-16-19-17(21-20-16)15-12-22(10-11-25-15)18(24)14-8-5-6-9-23(14)13(2)3/h13-15H,4-12H2,1-3H3,(H,19,20,21)/t14-,15+/m1/s1. The number of rotatable bonds is 5. The van der Waals surface area contributed by atoms with Crippen LogP contribution in [-0.4, -0.2) is 69.2 Å². The van der Waals surface area contributed by atoms with Crippen LogP contribution in [0.15, 0.2) is 0 Å². The Hall–Kier alpha value is -1.47. The average molecular weight is 349 g/mol. The molecule has 0 unspecified atom stereocenters. The molecule has 1 aromatic heterocycles. The van der Waals surface area contributed by atoms with E-state index in [-0.39, 0.29) is 18.1 Å². The van der Waals surface area contributed by atoms with Crippen LogP contribution in [0, 0.1) is 0 Å². The number of aromatic amines is 1. The fourth-order valence-corrected chi connectivity index (χ4v) is 3.86. The van der Waals surface area contributed by atoms with E-state index < -0.39 is 0 Å². The van der Waals surface area contributed by atoms with E-state index in [4.69, 9.17) is 4.74 Å². The minimum Gasteiger partial charge on any atom is -0.366 e. The minimum atomic E-state index is -0.226. The molecular formula is C18H31N5O2. The van der Waals surface area contributed by atoms with Gasteiger partial charge in [0.1, 0.15) is 11.9 Å². The Labute approximate surface area is 150 Å². The van der Waals surface area contributed by atoms with Gasteiger partial charge in [0.15, 0.2) is 5.82 Å². The maximum atomic E-state index is 13.1. The van der Waals surface area contributed by atoms with Crippen molar-refractivity contribution in [1.29, 1.82) is 0 Å². The Morgan fingerprint density at radius 2 is 2.20 bits per heavy atom. The summed E-state index contributed by atoms with van der Waals surface area (Å²) in [6.45, 7) is 9.23. The molecule has 0 aliphatic carbocycles. The Bertz CT molecular complexity index is 574. The zero-order valence-corrected chi connectivity index (χ0v) is 15.7. The molecule has 0 radical (unpaired) electrons. The van der Waals surface area contributed by atoms with Gasteiger partial charge in [-0.3, -0.25) is 14.8 Å². The number of hydrogen-bond acceptors (Lipinski definition) is 5. The molecule has 2 fully saturated rings. The van der Waals surface area contributed by atoms with Crippen molar-refractivity contribution in [3.8, 4) is 0 Å². The van der Waals surface area contributed by atoms with Gasteiger partial charge in [0.2, 0.25) is 5.91 Å². The molecule has 2 aliphatic rings. The molecule has 3 heterocycles. The van der Waals surface area contributed by atoms with Gasteiger partial charge in [-0.2, -0.15) is 5.10 Å². The van der Waals surface area contributed by atoms with E-state index in [1.54, 1.807) is 0 Å². The third-order valence-electron chi connectivity index (χ3n) is 5.19. The van der Waals surface area contributed by atoms with E-state index in [0.717, 1.165) is 38.1 Å². The van der Waals surface area contributed by atoms with Crippen molar-refractivity contribution in [2.24, 2.45) is 0 Å². The monoisotopic (exact) mass is 349 g/mol. The third-order valence-corrected chi connectivity index (χ3v) is 5.19. The summed E-state index contributed by atoms with van der Waals surface area (Å²) in [4.78, 5) is 22.0. The van der Waals surface area contributed by atoms with Crippen LogP contribution in [0.25, 0.3) is 0 Å². The Kier molecular flexibility index (Phi) is 6.06.